The molecule has 3 nitrogen and oxygen atoms in total. The van der Waals surface area contributed by atoms with Crippen LogP contribution in [0.2, 0.25) is 0 Å². The molecule has 2 rings (SSSR count). The third kappa shape index (κ3) is 2.89. The second-order valence-corrected chi connectivity index (χ2v) is 4.20. The van der Waals surface area contributed by atoms with Gasteiger partial charge >= 0.3 is 0 Å². The first-order chi connectivity index (χ1) is 7.36. The molecule has 1 aromatic carbocycles. The number of aromatic nitrogens is 2. The van der Waals surface area contributed by atoms with Gasteiger partial charge in [-0.05, 0) is 40.8 Å². The minimum absolute atomic E-state index is 0.725. The minimum Gasteiger partial charge on any atom is -0.379 e. The molecule has 1 N–H and O–H groups in total. The summed E-state index contributed by atoms with van der Waals surface area (Å²) < 4.78 is 1.21. The predicted octanol–water partition coefficient (Wildman–Crippen LogP) is 2.69. The van der Waals surface area contributed by atoms with Gasteiger partial charge in [-0.1, -0.05) is 12.1 Å². The molecule has 4 heteroatoms. The van der Waals surface area contributed by atoms with E-state index in [9.17, 15) is 0 Å². The van der Waals surface area contributed by atoms with Gasteiger partial charge in [0.2, 0.25) is 0 Å². The average molecular weight is 311 g/mol. The average Bonchev–Trinajstić information content (AvgIpc) is 2.29. The number of para-hydroxylation sites is 1. The molecule has 0 saturated carbocycles. The summed E-state index contributed by atoms with van der Waals surface area (Å²) in [6.07, 6.45) is 3.31. The number of nitrogens with zero attached hydrogens (tertiary/aromatic N) is 2. The number of hydrogen-bond acceptors (Lipinski definition) is 3. The van der Waals surface area contributed by atoms with Gasteiger partial charge in [0.1, 0.15) is 6.33 Å². The van der Waals surface area contributed by atoms with Crippen LogP contribution in [0.1, 0.15) is 5.69 Å². The number of hydrogen-bond donors (Lipinski definition) is 1. The van der Waals surface area contributed by atoms with Crippen LogP contribution in [-0.2, 0) is 6.54 Å². The highest BCUT2D eigenvalue weighted by Gasteiger charge is 1.97. The van der Waals surface area contributed by atoms with Crippen molar-refractivity contribution in [3.8, 4) is 0 Å². The van der Waals surface area contributed by atoms with Crippen molar-refractivity contribution in [3.05, 3.63) is 52.1 Å². The van der Waals surface area contributed by atoms with Gasteiger partial charge in [0, 0.05) is 15.5 Å². The molecule has 76 valence electrons. The maximum Gasteiger partial charge on any atom is 0.115 e. The Morgan fingerprint density at radius 3 is 2.80 bits per heavy atom. The lowest BCUT2D eigenvalue weighted by molar-refractivity contribution is 1.01. The molecule has 1 aromatic heterocycles. The fraction of sp³-hybridized carbons (Fsp3) is 0.0909. The summed E-state index contributed by atoms with van der Waals surface area (Å²) in [5, 5.41) is 3.33. The Morgan fingerprint density at radius 1 is 1.20 bits per heavy atom. The normalized spacial score (nSPS) is 9.93. The minimum atomic E-state index is 0.725. The molecule has 0 saturated heterocycles. The molecule has 15 heavy (non-hydrogen) atoms. The van der Waals surface area contributed by atoms with Crippen molar-refractivity contribution in [1.29, 1.82) is 0 Å². The maximum absolute atomic E-state index is 4.15. The van der Waals surface area contributed by atoms with E-state index < -0.39 is 0 Å². The topological polar surface area (TPSA) is 37.8 Å². The van der Waals surface area contributed by atoms with E-state index in [0.29, 0.717) is 0 Å². The van der Waals surface area contributed by atoms with Crippen LogP contribution in [0, 0.1) is 3.57 Å². The fourth-order valence-corrected chi connectivity index (χ4v) is 1.79. The van der Waals surface area contributed by atoms with Gasteiger partial charge < -0.3 is 5.32 Å². The standard InChI is InChI=1S/C11H10IN3/c12-10-3-1-2-4-11(10)14-7-9-5-6-13-8-15-9/h1-6,8,14H,7H2. The molecule has 0 radical (unpaired) electrons. The van der Waals surface area contributed by atoms with Gasteiger partial charge in [-0.15, -0.1) is 0 Å². The molecule has 0 atom stereocenters. The summed E-state index contributed by atoms with van der Waals surface area (Å²) in [7, 11) is 0. The molecule has 2 aromatic rings. The number of benzene rings is 1. The summed E-state index contributed by atoms with van der Waals surface area (Å²) in [5.74, 6) is 0. The van der Waals surface area contributed by atoms with Crippen molar-refractivity contribution in [2.75, 3.05) is 5.32 Å². The molecule has 0 unspecified atom stereocenters. The highest BCUT2D eigenvalue weighted by atomic mass is 127. The van der Waals surface area contributed by atoms with E-state index in [1.54, 1.807) is 12.5 Å². The van der Waals surface area contributed by atoms with Crippen molar-refractivity contribution in [2.24, 2.45) is 0 Å². The monoisotopic (exact) mass is 311 g/mol. The van der Waals surface area contributed by atoms with Gasteiger partial charge in [0.15, 0.2) is 0 Å². The number of anilines is 1. The molecular weight excluding hydrogens is 301 g/mol. The molecule has 0 aliphatic carbocycles. The van der Waals surface area contributed by atoms with Gasteiger partial charge in [-0.25, -0.2) is 9.97 Å². The molecule has 0 amide bonds. The van der Waals surface area contributed by atoms with Crippen molar-refractivity contribution in [2.45, 2.75) is 6.54 Å². The van der Waals surface area contributed by atoms with Crippen LogP contribution in [0.25, 0.3) is 0 Å². The second kappa shape index (κ2) is 5.06. The van der Waals surface area contributed by atoms with Crippen LogP contribution >= 0.6 is 22.6 Å². The van der Waals surface area contributed by atoms with E-state index in [1.807, 2.05) is 18.2 Å². The molecular formula is C11H10IN3. The van der Waals surface area contributed by atoms with Crippen LogP contribution in [0.5, 0.6) is 0 Å². The van der Waals surface area contributed by atoms with Crippen molar-refractivity contribution in [1.82, 2.24) is 9.97 Å². The Morgan fingerprint density at radius 2 is 2.07 bits per heavy atom. The maximum atomic E-state index is 4.15. The number of rotatable bonds is 3. The third-order valence-corrected chi connectivity index (χ3v) is 2.92. The first kappa shape index (κ1) is 10.4. The van der Waals surface area contributed by atoms with Gasteiger partial charge in [0.05, 0.1) is 12.2 Å². The fourth-order valence-electron chi connectivity index (χ4n) is 1.21. The van der Waals surface area contributed by atoms with E-state index >= 15 is 0 Å². The first-order valence-corrected chi connectivity index (χ1v) is 5.67. The van der Waals surface area contributed by atoms with Gasteiger partial charge in [-0.3, -0.25) is 0 Å². The molecule has 0 fully saturated rings. The molecule has 0 spiro atoms. The van der Waals surface area contributed by atoms with E-state index in [4.69, 9.17) is 0 Å². The Kier molecular flexibility index (Phi) is 3.49. The first-order valence-electron chi connectivity index (χ1n) is 4.59. The second-order valence-electron chi connectivity index (χ2n) is 3.03. The number of halogens is 1. The third-order valence-electron chi connectivity index (χ3n) is 1.98. The Labute approximate surface area is 102 Å². The van der Waals surface area contributed by atoms with E-state index in [1.165, 1.54) is 3.57 Å². The van der Waals surface area contributed by atoms with Crippen LogP contribution in [0.3, 0.4) is 0 Å². The SMILES string of the molecule is Ic1ccccc1NCc1ccncn1. The van der Waals surface area contributed by atoms with Crippen LogP contribution in [0.15, 0.2) is 42.9 Å². The summed E-state index contributed by atoms with van der Waals surface area (Å²) in [5.41, 5.74) is 2.13. The largest absolute Gasteiger partial charge is 0.379 e. The number of nitrogens with one attached hydrogen (secondary N) is 1. The summed E-state index contributed by atoms with van der Waals surface area (Å²) in [6, 6.07) is 10.1. The smallest absolute Gasteiger partial charge is 0.115 e. The molecule has 0 aliphatic heterocycles. The summed E-state index contributed by atoms with van der Waals surface area (Å²) in [4.78, 5) is 8.02. The quantitative estimate of drug-likeness (QED) is 0.886. The highest BCUT2D eigenvalue weighted by molar-refractivity contribution is 14.1. The van der Waals surface area contributed by atoms with Crippen molar-refractivity contribution >= 4 is 28.3 Å². The molecule has 1 heterocycles. The zero-order chi connectivity index (χ0) is 10.5. The van der Waals surface area contributed by atoms with Crippen LogP contribution < -0.4 is 5.32 Å². The predicted molar refractivity (Wildman–Crippen MR) is 68.5 cm³/mol. The van der Waals surface area contributed by atoms with Crippen LogP contribution in [0.4, 0.5) is 5.69 Å². The lowest BCUT2D eigenvalue weighted by Gasteiger charge is -2.07. The zero-order valence-corrected chi connectivity index (χ0v) is 10.2. The van der Waals surface area contributed by atoms with E-state index in [0.717, 1.165) is 17.9 Å². The van der Waals surface area contributed by atoms with E-state index in [2.05, 4.69) is 50.0 Å². The molecule has 0 aliphatic rings. The lowest BCUT2D eigenvalue weighted by Crippen LogP contribution is -2.02. The zero-order valence-electron chi connectivity index (χ0n) is 8.02. The molecule has 0 bridgehead atoms. The van der Waals surface area contributed by atoms with Gasteiger partial charge in [-0.2, -0.15) is 0 Å². The Balaban J connectivity index is 2.03. The Hall–Kier alpha value is -1.17. The van der Waals surface area contributed by atoms with Gasteiger partial charge in [0.25, 0.3) is 0 Å². The Bertz CT molecular complexity index is 431. The van der Waals surface area contributed by atoms with E-state index in [-0.39, 0.29) is 0 Å². The highest BCUT2D eigenvalue weighted by Crippen LogP contribution is 2.17. The summed E-state index contributed by atoms with van der Waals surface area (Å²) in [6.45, 7) is 0.725. The summed E-state index contributed by atoms with van der Waals surface area (Å²) >= 11 is 2.31. The van der Waals surface area contributed by atoms with Crippen molar-refractivity contribution < 1.29 is 0 Å². The van der Waals surface area contributed by atoms with Crippen LogP contribution in [-0.4, -0.2) is 9.97 Å². The lowest BCUT2D eigenvalue weighted by atomic mass is 10.3. The van der Waals surface area contributed by atoms with Crippen molar-refractivity contribution in [3.63, 3.8) is 0 Å².